The van der Waals surface area contributed by atoms with Crippen molar-refractivity contribution in [2.75, 3.05) is 26.0 Å². The van der Waals surface area contributed by atoms with Crippen LogP contribution in [0.3, 0.4) is 0 Å². The van der Waals surface area contributed by atoms with Crippen LogP contribution in [0.1, 0.15) is 33.1 Å². The van der Waals surface area contributed by atoms with Crippen molar-refractivity contribution in [3.05, 3.63) is 95.1 Å². The minimum Gasteiger partial charge on any atom is -0.324 e. The molecule has 1 aliphatic rings. The van der Waals surface area contributed by atoms with E-state index < -0.39 is 16.1 Å². The molecule has 0 saturated heterocycles. The molecule has 1 aliphatic heterocycles. The number of nitrogens with zero attached hydrogens (tertiary/aromatic N) is 2. The molecule has 1 N–H and O–H groups in total. The van der Waals surface area contributed by atoms with E-state index in [4.69, 9.17) is 0 Å². The highest BCUT2D eigenvalue weighted by atomic mass is 32.2. The maximum Gasteiger partial charge on any atom is 0.255 e. The fourth-order valence-corrected chi connectivity index (χ4v) is 4.86. The molecule has 0 spiro atoms. The Morgan fingerprint density at radius 1 is 1.00 bits per heavy atom. The molecule has 4 rings (SSSR count). The number of carbonyl (C=O) groups is 2. The molecular formula is C25H25N3O4S. The zero-order valence-corrected chi connectivity index (χ0v) is 19.5. The lowest BCUT2D eigenvalue weighted by Crippen LogP contribution is -2.39. The smallest absolute Gasteiger partial charge is 0.255 e. The SMILES string of the molecule is Cc1ccc2c(c1)[C@H](c1ccccc1)N(C(=O)c1ccc(S(=O)(=O)N(C)C)cc1)CC(=O)N2. The van der Waals surface area contributed by atoms with E-state index in [-0.39, 0.29) is 23.3 Å². The van der Waals surface area contributed by atoms with Gasteiger partial charge >= 0.3 is 0 Å². The third kappa shape index (κ3) is 4.40. The Hall–Kier alpha value is -3.49. The second kappa shape index (κ2) is 8.80. The van der Waals surface area contributed by atoms with Crippen molar-refractivity contribution in [2.24, 2.45) is 0 Å². The fourth-order valence-electron chi connectivity index (χ4n) is 3.96. The topological polar surface area (TPSA) is 86.8 Å². The third-order valence-electron chi connectivity index (χ3n) is 5.66. The summed E-state index contributed by atoms with van der Waals surface area (Å²) >= 11 is 0. The minimum absolute atomic E-state index is 0.0956. The van der Waals surface area contributed by atoms with Gasteiger partial charge in [-0.15, -0.1) is 0 Å². The van der Waals surface area contributed by atoms with Crippen LogP contribution < -0.4 is 5.32 Å². The summed E-state index contributed by atoms with van der Waals surface area (Å²) in [7, 11) is -0.708. The number of carbonyl (C=O) groups excluding carboxylic acids is 2. The van der Waals surface area contributed by atoms with Crippen LogP contribution >= 0.6 is 0 Å². The van der Waals surface area contributed by atoms with Gasteiger partial charge in [-0.3, -0.25) is 9.59 Å². The molecule has 3 aromatic carbocycles. The van der Waals surface area contributed by atoms with Crippen LogP contribution in [0.25, 0.3) is 0 Å². The molecular weight excluding hydrogens is 438 g/mol. The first-order chi connectivity index (χ1) is 15.7. The standard InChI is InChI=1S/C25H25N3O4S/c1-17-9-14-22-21(15-17)24(18-7-5-4-6-8-18)28(16-23(29)26-22)25(30)19-10-12-20(13-11-19)33(31,32)27(2)3/h4-15,24H,16H2,1-3H3,(H,26,29)/t24-/m0/s1. The Balaban J connectivity index is 1.80. The molecule has 8 heteroatoms. The average molecular weight is 464 g/mol. The Morgan fingerprint density at radius 2 is 1.67 bits per heavy atom. The first-order valence-corrected chi connectivity index (χ1v) is 11.9. The molecule has 0 aromatic heterocycles. The summed E-state index contributed by atoms with van der Waals surface area (Å²) in [4.78, 5) is 28.0. The molecule has 170 valence electrons. The Bertz CT molecular complexity index is 1300. The normalized spacial score (nSPS) is 16.2. The Kier molecular flexibility index (Phi) is 6.05. The van der Waals surface area contributed by atoms with Gasteiger partial charge in [0.1, 0.15) is 6.54 Å². The van der Waals surface area contributed by atoms with Crippen molar-refractivity contribution < 1.29 is 18.0 Å². The number of aryl methyl sites for hydroxylation is 1. The van der Waals surface area contributed by atoms with Gasteiger partial charge in [-0.25, -0.2) is 12.7 Å². The monoisotopic (exact) mass is 463 g/mol. The van der Waals surface area contributed by atoms with Crippen LogP contribution in [0, 0.1) is 6.92 Å². The molecule has 0 unspecified atom stereocenters. The highest BCUT2D eigenvalue weighted by Gasteiger charge is 2.34. The summed E-state index contributed by atoms with van der Waals surface area (Å²) in [6.45, 7) is 1.83. The summed E-state index contributed by atoms with van der Waals surface area (Å²) in [5.74, 6) is -0.652. The maximum absolute atomic E-state index is 13.7. The van der Waals surface area contributed by atoms with Gasteiger partial charge in [0.15, 0.2) is 0 Å². The summed E-state index contributed by atoms with van der Waals surface area (Å²) < 4.78 is 25.9. The van der Waals surface area contributed by atoms with E-state index in [1.165, 1.54) is 43.3 Å². The van der Waals surface area contributed by atoms with Crippen LogP contribution in [-0.4, -0.2) is 50.1 Å². The van der Waals surface area contributed by atoms with Crippen LogP contribution in [0.5, 0.6) is 0 Å². The van der Waals surface area contributed by atoms with Gasteiger partial charge in [0.05, 0.1) is 10.9 Å². The van der Waals surface area contributed by atoms with E-state index in [2.05, 4.69) is 5.32 Å². The predicted molar refractivity (Wildman–Crippen MR) is 126 cm³/mol. The molecule has 2 amide bonds. The van der Waals surface area contributed by atoms with Crippen molar-refractivity contribution in [1.29, 1.82) is 0 Å². The summed E-state index contributed by atoms with van der Waals surface area (Å²) in [6, 6.07) is 20.6. The van der Waals surface area contributed by atoms with E-state index in [0.29, 0.717) is 11.3 Å². The van der Waals surface area contributed by atoms with E-state index in [1.807, 2.05) is 55.5 Å². The predicted octanol–water partition coefficient (Wildman–Crippen LogP) is 3.43. The van der Waals surface area contributed by atoms with Crippen molar-refractivity contribution in [3.8, 4) is 0 Å². The van der Waals surface area contributed by atoms with E-state index >= 15 is 0 Å². The number of anilines is 1. The lowest BCUT2D eigenvalue weighted by molar-refractivity contribution is -0.117. The molecule has 1 heterocycles. The van der Waals surface area contributed by atoms with Crippen LogP contribution in [0.2, 0.25) is 0 Å². The molecule has 0 saturated carbocycles. The van der Waals surface area contributed by atoms with Crippen molar-refractivity contribution >= 4 is 27.5 Å². The Morgan fingerprint density at radius 3 is 2.30 bits per heavy atom. The summed E-state index contributed by atoms with van der Waals surface area (Å²) in [5, 5.41) is 2.91. The second-order valence-electron chi connectivity index (χ2n) is 8.20. The zero-order chi connectivity index (χ0) is 23.8. The largest absolute Gasteiger partial charge is 0.324 e. The van der Waals surface area contributed by atoms with Gasteiger partial charge in [-0.05, 0) is 42.8 Å². The Labute approximate surface area is 193 Å². The van der Waals surface area contributed by atoms with E-state index in [1.54, 1.807) is 0 Å². The highest BCUT2D eigenvalue weighted by Crippen LogP contribution is 2.37. The second-order valence-corrected chi connectivity index (χ2v) is 10.3. The van der Waals surface area contributed by atoms with Gasteiger partial charge in [-0.1, -0.05) is 48.0 Å². The van der Waals surface area contributed by atoms with Gasteiger partial charge in [-0.2, -0.15) is 0 Å². The van der Waals surface area contributed by atoms with Crippen LogP contribution in [0.4, 0.5) is 5.69 Å². The number of amides is 2. The number of nitrogens with one attached hydrogen (secondary N) is 1. The van der Waals surface area contributed by atoms with Crippen molar-refractivity contribution in [1.82, 2.24) is 9.21 Å². The molecule has 0 bridgehead atoms. The number of hydrogen-bond acceptors (Lipinski definition) is 4. The number of fused-ring (bicyclic) bond motifs is 1. The maximum atomic E-state index is 13.7. The highest BCUT2D eigenvalue weighted by molar-refractivity contribution is 7.89. The van der Waals surface area contributed by atoms with Crippen LogP contribution in [-0.2, 0) is 14.8 Å². The van der Waals surface area contributed by atoms with Crippen LogP contribution in [0.15, 0.2) is 77.7 Å². The van der Waals surface area contributed by atoms with Gasteiger partial charge in [0.2, 0.25) is 15.9 Å². The first kappa shape index (κ1) is 22.7. The zero-order valence-electron chi connectivity index (χ0n) is 18.6. The number of sulfonamides is 1. The minimum atomic E-state index is -3.61. The molecule has 3 aromatic rings. The molecule has 0 aliphatic carbocycles. The number of rotatable bonds is 4. The molecule has 33 heavy (non-hydrogen) atoms. The molecule has 7 nitrogen and oxygen atoms in total. The quantitative estimate of drug-likeness (QED) is 0.642. The number of hydrogen-bond donors (Lipinski definition) is 1. The summed E-state index contributed by atoms with van der Waals surface area (Å²) in [5.41, 5.74) is 3.68. The molecule has 1 atom stereocenters. The lowest BCUT2D eigenvalue weighted by atomic mass is 9.94. The van der Waals surface area contributed by atoms with E-state index in [0.717, 1.165) is 21.0 Å². The fraction of sp³-hybridized carbons (Fsp3) is 0.200. The third-order valence-corrected chi connectivity index (χ3v) is 7.49. The number of benzene rings is 3. The van der Waals surface area contributed by atoms with Crippen molar-refractivity contribution in [2.45, 2.75) is 17.9 Å². The average Bonchev–Trinajstić information content (AvgIpc) is 2.94. The van der Waals surface area contributed by atoms with Crippen molar-refractivity contribution in [3.63, 3.8) is 0 Å². The first-order valence-electron chi connectivity index (χ1n) is 10.5. The summed E-state index contributed by atoms with van der Waals surface area (Å²) in [6.07, 6.45) is 0. The molecule has 0 radical (unpaired) electrons. The lowest BCUT2D eigenvalue weighted by Gasteiger charge is -2.31. The van der Waals surface area contributed by atoms with Gasteiger partial charge in [0.25, 0.3) is 5.91 Å². The van der Waals surface area contributed by atoms with Gasteiger partial charge < -0.3 is 10.2 Å². The van der Waals surface area contributed by atoms with Gasteiger partial charge in [0, 0.05) is 30.9 Å². The van der Waals surface area contributed by atoms with E-state index in [9.17, 15) is 18.0 Å². The molecule has 0 fully saturated rings.